The van der Waals surface area contributed by atoms with Crippen LogP contribution in [0.2, 0.25) is 0 Å². The Morgan fingerprint density at radius 2 is 2.16 bits per heavy atom. The minimum absolute atomic E-state index is 0.00509. The highest BCUT2D eigenvalue weighted by Crippen LogP contribution is 2.32. The summed E-state index contributed by atoms with van der Waals surface area (Å²) < 4.78 is 11.5. The molecule has 1 atom stereocenters. The highest BCUT2D eigenvalue weighted by atomic mass is 32.1. The second kappa shape index (κ2) is 5.47. The van der Waals surface area contributed by atoms with E-state index in [2.05, 4.69) is 11.4 Å². The Morgan fingerprint density at radius 1 is 1.21 bits per heavy atom. The van der Waals surface area contributed by atoms with Crippen LogP contribution in [0.15, 0.2) is 52.5 Å². The Morgan fingerprint density at radius 3 is 2.95 bits per heavy atom. The van der Waals surface area contributed by atoms with E-state index in [0.717, 1.165) is 23.1 Å². The van der Waals surface area contributed by atoms with E-state index >= 15 is 0 Å². The second-order valence-electron chi connectivity index (χ2n) is 4.29. The smallest absolute Gasteiger partial charge is 0.137 e. The average Bonchev–Trinajstić information content (AvgIpc) is 3.10. The van der Waals surface area contributed by atoms with Gasteiger partial charge in [0.25, 0.3) is 0 Å². The van der Waals surface area contributed by atoms with Crippen LogP contribution in [0.5, 0.6) is 5.75 Å². The number of hydrogen-bond donors (Lipinski definition) is 1. The molecule has 2 N–H and O–H groups in total. The van der Waals surface area contributed by atoms with Crippen LogP contribution in [0.3, 0.4) is 0 Å². The Bertz CT molecular complexity index is 645. The average molecular weight is 273 g/mol. The molecule has 0 spiro atoms. The first kappa shape index (κ1) is 12.3. The predicted molar refractivity (Wildman–Crippen MR) is 77.6 cm³/mol. The molecule has 0 aliphatic carbocycles. The van der Waals surface area contributed by atoms with E-state index in [9.17, 15) is 0 Å². The van der Waals surface area contributed by atoms with Crippen molar-refractivity contribution in [2.75, 3.05) is 6.54 Å². The fraction of sp³-hybridized carbons (Fsp3) is 0.200. The highest BCUT2D eigenvalue weighted by molar-refractivity contribution is 7.10. The van der Waals surface area contributed by atoms with Crippen molar-refractivity contribution in [2.45, 2.75) is 12.5 Å². The largest absolute Gasteiger partial charge is 0.484 e. The van der Waals surface area contributed by atoms with E-state index in [1.165, 1.54) is 4.88 Å². The quantitative estimate of drug-likeness (QED) is 0.765. The van der Waals surface area contributed by atoms with Gasteiger partial charge in [-0.05, 0) is 36.2 Å². The summed E-state index contributed by atoms with van der Waals surface area (Å²) in [6.45, 7) is 0.601. The molecule has 1 unspecified atom stereocenters. The first-order valence-electron chi connectivity index (χ1n) is 6.25. The maximum Gasteiger partial charge on any atom is 0.137 e. The molecule has 3 nitrogen and oxygen atoms in total. The van der Waals surface area contributed by atoms with Gasteiger partial charge in [0.15, 0.2) is 0 Å². The van der Waals surface area contributed by atoms with Crippen LogP contribution in [0.1, 0.15) is 17.4 Å². The number of thiophene rings is 1. The maximum atomic E-state index is 6.14. The van der Waals surface area contributed by atoms with Crippen LogP contribution in [-0.2, 0) is 0 Å². The molecule has 3 aromatic rings. The van der Waals surface area contributed by atoms with Crippen molar-refractivity contribution < 1.29 is 9.15 Å². The monoisotopic (exact) mass is 273 g/mol. The summed E-state index contributed by atoms with van der Waals surface area (Å²) in [6.07, 6.45) is 2.49. The molecule has 0 aliphatic heterocycles. The minimum atomic E-state index is 0.00509. The fourth-order valence-corrected chi connectivity index (χ4v) is 2.90. The molecule has 0 saturated heterocycles. The molecule has 0 radical (unpaired) electrons. The van der Waals surface area contributed by atoms with Gasteiger partial charge in [-0.1, -0.05) is 12.1 Å². The molecule has 0 amide bonds. The van der Waals surface area contributed by atoms with Gasteiger partial charge in [0.05, 0.1) is 11.6 Å². The van der Waals surface area contributed by atoms with Crippen LogP contribution in [-0.4, -0.2) is 6.54 Å². The SMILES string of the molecule is NCCC(Oc1cccc2occc12)c1cccs1. The fourth-order valence-electron chi connectivity index (χ4n) is 2.11. The van der Waals surface area contributed by atoms with Crippen molar-refractivity contribution in [3.63, 3.8) is 0 Å². The van der Waals surface area contributed by atoms with Crippen LogP contribution >= 0.6 is 11.3 Å². The summed E-state index contributed by atoms with van der Waals surface area (Å²) in [5.74, 6) is 0.845. The summed E-state index contributed by atoms with van der Waals surface area (Å²) in [4.78, 5) is 1.20. The van der Waals surface area contributed by atoms with Gasteiger partial charge in [-0.3, -0.25) is 0 Å². The molecule has 1 aromatic carbocycles. The Hall–Kier alpha value is -1.78. The number of fused-ring (bicyclic) bond motifs is 1. The Labute approximate surface area is 115 Å². The van der Waals surface area contributed by atoms with Gasteiger partial charge >= 0.3 is 0 Å². The Kier molecular flexibility index (Phi) is 3.53. The summed E-state index contributed by atoms with van der Waals surface area (Å²) in [5.41, 5.74) is 6.53. The van der Waals surface area contributed by atoms with Crippen LogP contribution in [0, 0.1) is 0 Å². The van der Waals surface area contributed by atoms with Crippen LogP contribution < -0.4 is 10.5 Å². The van der Waals surface area contributed by atoms with E-state index in [1.807, 2.05) is 30.3 Å². The lowest BCUT2D eigenvalue weighted by Gasteiger charge is -2.17. The van der Waals surface area contributed by atoms with Crippen molar-refractivity contribution >= 4 is 22.3 Å². The van der Waals surface area contributed by atoms with Gasteiger partial charge in [0.1, 0.15) is 17.4 Å². The lowest BCUT2D eigenvalue weighted by Crippen LogP contribution is -2.12. The van der Waals surface area contributed by atoms with Crippen molar-refractivity contribution in [3.8, 4) is 5.75 Å². The third-order valence-electron chi connectivity index (χ3n) is 3.01. The van der Waals surface area contributed by atoms with Gasteiger partial charge in [-0.25, -0.2) is 0 Å². The third-order valence-corrected chi connectivity index (χ3v) is 3.98. The lowest BCUT2D eigenvalue weighted by molar-refractivity contribution is 0.204. The van der Waals surface area contributed by atoms with Gasteiger partial charge in [-0.15, -0.1) is 11.3 Å². The zero-order chi connectivity index (χ0) is 13.1. The van der Waals surface area contributed by atoms with Gasteiger partial charge in [0, 0.05) is 11.3 Å². The molecular formula is C15H15NO2S. The number of rotatable bonds is 5. The molecule has 4 heteroatoms. The minimum Gasteiger partial charge on any atom is -0.484 e. The predicted octanol–water partition coefficient (Wildman–Crippen LogP) is 3.96. The highest BCUT2D eigenvalue weighted by Gasteiger charge is 2.15. The Balaban J connectivity index is 1.91. The van der Waals surface area contributed by atoms with Gasteiger partial charge < -0.3 is 14.9 Å². The molecule has 0 fully saturated rings. The molecule has 0 bridgehead atoms. The first-order valence-corrected chi connectivity index (χ1v) is 7.13. The van der Waals surface area contributed by atoms with E-state index in [4.69, 9.17) is 14.9 Å². The summed E-state index contributed by atoms with van der Waals surface area (Å²) in [5, 5.41) is 3.06. The molecule has 3 rings (SSSR count). The lowest BCUT2D eigenvalue weighted by atomic mass is 10.2. The van der Waals surface area contributed by atoms with Crippen molar-refractivity contribution in [2.24, 2.45) is 5.73 Å². The summed E-state index contributed by atoms with van der Waals surface area (Å²) >= 11 is 1.69. The van der Waals surface area contributed by atoms with Gasteiger partial charge in [-0.2, -0.15) is 0 Å². The van der Waals surface area contributed by atoms with E-state index in [-0.39, 0.29) is 6.10 Å². The molecule has 98 valence electrons. The molecule has 0 aliphatic rings. The zero-order valence-corrected chi connectivity index (χ0v) is 11.2. The van der Waals surface area contributed by atoms with Crippen LogP contribution in [0.25, 0.3) is 11.0 Å². The van der Waals surface area contributed by atoms with E-state index in [1.54, 1.807) is 17.6 Å². The second-order valence-corrected chi connectivity index (χ2v) is 5.27. The van der Waals surface area contributed by atoms with E-state index < -0.39 is 0 Å². The standard InChI is InChI=1S/C15H15NO2S/c16-8-6-14(15-5-2-10-19-15)18-13-4-1-3-12-11(13)7-9-17-12/h1-5,7,9-10,14H,6,8,16H2. The molecule has 2 heterocycles. The van der Waals surface area contributed by atoms with Crippen molar-refractivity contribution in [3.05, 3.63) is 52.9 Å². The summed E-state index contributed by atoms with van der Waals surface area (Å²) in [6, 6.07) is 11.9. The first-order chi connectivity index (χ1) is 9.38. The van der Waals surface area contributed by atoms with Crippen molar-refractivity contribution in [1.29, 1.82) is 0 Å². The number of nitrogens with two attached hydrogens (primary N) is 1. The van der Waals surface area contributed by atoms with Crippen LogP contribution in [0.4, 0.5) is 0 Å². The number of furan rings is 1. The molecular weight excluding hydrogens is 258 g/mol. The number of ether oxygens (including phenoxy) is 1. The zero-order valence-electron chi connectivity index (χ0n) is 10.4. The molecule has 2 aromatic heterocycles. The van der Waals surface area contributed by atoms with E-state index in [0.29, 0.717) is 6.54 Å². The topological polar surface area (TPSA) is 48.4 Å². The van der Waals surface area contributed by atoms with Gasteiger partial charge in [0.2, 0.25) is 0 Å². The third kappa shape index (κ3) is 2.50. The number of benzene rings is 1. The normalized spacial score (nSPS) is 12.7. The number of hydrogen-bond acceptors (Lipinski definition) is 4. The summed E-state index contributed by atoms with van der Waals surface area (Å²) in [7, 11) is 0. The molecule has 19 heavy (non-hydrogen) atoms. The molecule has 0 saturated carbocycles. The van der Waals surface area contributed by atoms with Crippen molar-refractivity contribution in [1.82, 2.24) is 0 Å². The maximum absolute atomic E-state index is 6.14.